The van der Waals surface area contributed by atoms with Crippen LogP contribution in [0.3, 0.4) is 0 Å². The molecule has 0 aromatic heterocycles. The van der Waals surface area contributed by atoms with Crippen molar-refractivity contribution in [2.75, 3.05) is 13.7 Å². The zero-order valence-electron chi connectivity index (χ0n) is 10.4. The van der Waals surface area contributed by atoms with Gasteiger partial charge in [-0.1, -0.05) is 0 Å². The number of carbonyl (C=O) groups is 2. The van der Waals surface area contributed by atoms with Crippen LogP contribution in [0.2, 0.25) is 0 Å². The first-order valence-electron chi connectivity index (χ1n) is 5.22. The molecular formula is C11H17NO5. The van der Waals surface area contributed by atoms with E-state index in [9.17, 15) is 9.59 Å². The summed E-state index contributed by atoms with van der Waals surface area (Å²) in [6, 6.07) is 0. The van der Waals surface area contributed by atoms with Crippen LogP contribution in [0.5, 0.6) is 0 Å². The standard InChI is InChI=1S/C11H17NO5/c1-7(8-5-16-11(2,3)17-8)9(12-6-13)10(14)15-4/h6,8H,5H2,1-4H3,(H,12,13)/t8-/m1/s1. The van der Waals surface area contributed by atoms with E-state index in [1.165, 1.54) is 7.11 Å². The highest BCUT2D eigenvalue weighted by molar-refractivity contribution is 5.91. The first kappa shape index (κ1) is 13.7. The van der Waals surface area contributed by atoms with Gasteiger partial charge in [0.1, 0.15) is 11.8 Å². The maximum Gasteiger partial charge on any atom is 0.354 e. The van der Waals surface area contributed by atoms with E-state index in [1.54, 1.807) is 20.8 Å². The van der Waals surface area contributed by atoms with E-state index < -0.39 is 11.8 Å². The number of amides is 1. The summed E-state index contributed by atoms with van der Waals surface area (Å²) in [5.74, 6) is -1.29. The minimum Gasteiger partial charge on any atom is -0.464 e. The molecular weight excluding hydrogens is 226 g/mol. The second-order valence-electron chi connectivity index (χ2n) is 4.13. The van der Waals surface area contributed by atoms with Gasteiger partial charge in [0, 0.05) is 0 Å². The fourth-order valence-corrected chi connectivity index (χ4v) is 1.56. The number of nitrogens with one attached hydrogen (secondary N) is 1. The van der Waals surface area contributed by atoms with Gasteiger partial charge in [-0.05, 0) is 26.3 Å². The van der Waals surface area contributed by atoms with Crippen LogP contribution in [0, 0.1) is 0 Å². The van der Waals surface area contributed by atoms with Gasteiger partial charge in [0.2, 0.25) is 6.41 Å². The Kier molecular flexibility index (Phi) is 4.25. The summed E-state index contributed by atoms with van der Waals surface area (Å²) in [6.45, 7) is 5.59. The van der Waals surface area contributed by atoms with Gasteiger partial charge in [-0.15, -0.1) is 0 Å². The number of hydrogen-bond acceptors (Lipinski definition) is 5. The highest BCUT2D eigenvalue weighted by Gasteiger charge is 2.35. The quantitative estimate of drug-likeness (QED) is 0.437. The third-order valence-electron chi connectivity index (χ3n) is 2.48. The minimum absolute atomic E-state index is 0.0915. The highest BCUT2D eigenvalue weighted by atomic mass is 16.7. The number of ether oxygens (including phenoxy) is 3. The smallest absolute Gasteiger partial charge is 0.354 e. The topological polar surface area (TPSA) is 73.9 Å². The van der Waals surface area contributed by atoms with Crippen molar-refractivity contribution < 1.29 is 23.8 Å². The Morgan fingerprint density at radius 2 is 2.18 bits per heavy atom. The maximum absolute atomic E-state index is 11.5. The molecule has 1 N–H and O–H groups in total. The molecule has 0 bridgehead atoms. The second-order valence-corrected chi connectivity index (χ2v) is 4.13. The van der Waals surface area contributed by atoms with Crippen LogP contribution in [-0.4, -0.2) is 38.0 Å². The molecule has 1 fully saturated rings. The van der Waals surface area contributed by atoms with Crippen molar-refractivity contribution in [3.8, 4) is 0 Å². The largest absolute Gasteiger partial charge is 0.464 e. The Bertz CT molecular complexity index is 348. The minimum atomic E-state index is -0.686. The van der Waals surface area contributed by atoms with Gasteiger partial charge in [-0.3, -0.25) is 4.79 Å². The normalized spacial score (nSPS) is 23.9. The fraction of sp³-hybridized carbons (Fsp3) is 0.636. The van der Waals surface area contributed by atoms with Gasteiger partial charge >= 0.3 is 5.97 Å². The van der Waals surface area contributed by atoms with E-state index in [2.05, 4.69) is 10.1 Å². The number of rotatable bonds is 4. The van der Waals surface area contributed by atoms with E-state index in [0.717, 1.165) is 0 Å². The van der Waals surface area contributed by atoms with Crippen LogP contribution in [0.25, 0.3) is 0 Å². The maximum atomic E-state index is 11.5. The fourth-order valence-electron chi connectivity index (χ4n) is 1.56. The lowest BCUT2D eigenvalue weighted by molar-refractivity contribution is -0.139. The van der Waals surface area contributed by atoms with E-state index in [4.69, 9.17) is 9.47 Å². The summed E-state index contributed by atoms with van der Waals surface area (Å²) in [6.07, 6.45) is 0.0584. The van der Waals surface area contributed by atoms with Gasteiger partial charge in [0.05, 0.1) is 13.7 Å². The molecule has 1 rings (SSSR count). The van der Waals surface area contributed by atoms with Crippen molar-refractivity contribution in [1.29, 1.82) is 0 Å². The molecule has 1 heterocycles. The summed E-state index contributed by atoms with van der Waals surface area (Å²) in [4.78, 5) is 21.9. The summed E-state index contributed by atoms with van der Waals surface area (Å²) < 4.78 is 15.6. The van der Waals surface area contributed by atoms with Crippen molar-refractivity contribution in [3.63, 3.8) is 0 Å². The molecule has 0 aromatic rings. The van der Waals surface area contributed by atoms with Crippen molar-refractivity contribution >= 4 is 12.4 Å². The number of hydrogen-bond donors (Lipinski definition) is 1. The number of methoxy groups -OCH3 is 1. The lowest BCUT2D eigenvalue weighted by Gasteiger charge is -2.18. The van der Waals surface area contributed by atoms with Gasteiger partial charge < -0.3 is 19.5 Å². The average molecular weight is 243 g/mol. The summed E-state index contributed by atoms with van der Waals surface area (Å²) in [5.41, 5.74) is 0.670. The molecule has 1 amide bonds. The molecule has 0 saturated carbocycles. The Labute approximate surface area is 99.9 Å². The van der Waals surface area contributed by atoms with E-state index in [1.807, 2.05) is 0 Å². The van der Waals surface area contributed by atoms with Gasteiger partial charge in [0.15, 0.2) is 5.79 Å². The first-order chi connectivity index (χ1) is 7.91. The first-order valence-corrected chi connectivity index (χ1v) is 5.22. The summed E-state index contributed by atoms with van der Waals surface area (Å²) in [7, 11) is 1.25. The average Bonchev–Trinajstić information content (AvgIpc) is 2.64. The zero-order chi connectivity index (χ0) is 13.1. The molecule has 0 aliphatic carbocycles. The molecule has 6 nitrogen and oxygen atoms in total. The second kappa shape index (κ2) is 5.29. The Morgan fingerprint density at radius 1 is 1.53 bits per heavy atom. The van der Waals surface area contributed by atoms with Crippen LogP contribution in [0.4, 0.5) is 0 Å². The molecule has 1 aliphatic heterocycles. The molecule has 0 spiro atoms. The molecule has 0 radical (unpaired) electrons. The molecule has 17 heavy (non-hydrogen) atoms. The Hall–Kier alpha value is -1.40. The van der Waals surface area contributed by atoms with Crippen LogP contribution < -0.4 is 5.32 Å². The molecule has 6 heteroatoms. The predicted octanol–water partition coefficient (Wildman–Crippen LogP) is 0.331. The van der Waals surface area contributed by atoms with Crippen LogP contribution in [-0.2, 0) is 23.8 Å². The van der Waals surface area contributed by atoms with Crippen LogP contribution in [0.1, 0.15) is 20.8 Å². The lowest BCUT2D eigenvalue weighted by Crippen LogP contribution is -2.27. The van der Waals surface area contributed by atoms with Gasteiger partial charge in [0.25, 0.3) is 0 Å². The molecule has 96 valence electrons. The zero-order valence-corrected chi connectivity index (χ0v) is 10.4. The van der Waals surface area contributed by atoms with Gasteiger partial charge in [-0.25, -0.2) is 4.79 Å². The Morgan fingerprint density at radius 3 is 2.59 bits per heavy atom. The van der Waals surface area contributed by atoms with Gasteiger partial charge in [-0.2, -0.15) is 0 Å². The number of esters is 1. The molecule has 1 saturated heterocycles. The van der Waals surface area contributed by atoms with Crippen molar-refractivity contribution in [2.45, 2.75) is 32.7 Å². The van der Waals surface area contributed by atoms with Crippen molar-refractivity contribution in [2.24, 2.45) is 0 Å². The SMILES string of the molecule is COC(=O)C(NC=O)=C(C)[C@H]1COC(C)(C)O1. The summed E-state index contributed by atoms with van der Waals surface area (Å²) >= 11 is 0. The third kappa shape index (κ3) is 3.28. The van der Waals surface area contributed by atoms with Crippen molar-refractivity contribution in [3.05, 3.63) is 11.3 Å². The molecule has 1 atom stereocenters. The van der Waals surface area contributed by atoms with Crippen molar-refractivity contribution in [1.82, 2.24) is 5.32 Å². The molecule has 1 aliphatic rings. The van der Waals surface area contributed by atoms with E-state index in [0.29, 0.717) is 18.6 Å². The Balaban J connectivity index is 2.92. The third-order valence-corrected chi connectivity index (χ3v) is 2.48. The van der Waals surface area contributed by atoms with Crippen LogP contribution >= 0.6 is 0 Å². The van der Waals surface area contributed by atoms with E-state index >= 15 is 0 Å². The lowest BCUT2D eigenvalue weighted by atomic mass is 10.1. The van der Waals surface area contributed by atoms with Crippen LogP contribution in [0.15, 0.2) is 11.3 Å². The number of carbonyl (C=O) groups excluding carboxylic acids is 2. The molecule has 0 aromatic carbocycles. The monoisotopic (exact) mass is 243 g/mol. The highest BCUT2D eigenvalue weighted by Crippen LogP contribution is 2.27. The predicted molar refractivity (Wildman–Crippen MR) is 58.8 cm³/mol. The van der Waals surface area contributed by atoms with E-state index in [-0.39, 0.29) is 11.8 Å². The molecule has 0 unspecified atom stereocenters. The summed E-state index contributed by atoms with van der Waals surface area (Å²) in [5, 5.41) is 2.33.